The van der Waals surface area contributed by atoms with Gasteiger partial charge in [-0.3, -0.25) is 0 Å². The van der Waals surface area contributed by atoms with Crippen molar-refractivity contribution in [1.29, 1.82) is 0 Å². The number of hydrogen-bond donors (Lipinski definition) is 0. The summed E-state index contributed by atoms with van der Waals surface area (Å²) in [5.41, 5.74) is 0. The molecule has 0 amide bonds. The van der Waals surface area contributed by atoms with Crippen LogP contribution in [0.2, 0.25) is 0 Å². The van der Waals surface area contributed by atoms with Crippen LogP contribution in [-0.4, -0.2) is 6.79 Å². The molecule has 0 saturated carbocycles. The quantitative estimate of drug-likeness (QED) is 0.631. The molecule has 0 aromatic rings. The number of rotatable bonds is 0. The van der Waals surface area contributed by atoms with E-state index in [9.17, 15) is 0 Å². The number of hydrogen-bond acceptors (Lipinski definition) is 2. The van der Waals surface area contributed by atoms with Gasteiger partial charge in [-0.2, -0.15) is 0 Å². The van der Waals surface area contributed by atoms with Crippen LogP contribution in [0.25, 0.3) is 0 Å². The Bertz CT molecular complexity index is 46.8. The van der Waals surface area contributed by atoms with E-state index in [2.05, 4.69) is 9.47 Å². The molecule has 6 heavy (non-hydrogen) atoms. The van der Waals surface area contributed by atoms with Crippen molar-refractivity contribution in [3.63, 3.8) is 0 Å². The molecule has 0 saturated heterocycles. The Labute approximate surface area is 49.2 Å². The SMILES string of the molecule is C1=COCO1.[Os]. The molecule has 0 atom stereocenters. The van der Waals surface area contributed by atoms with Gasteiger partial charge in [-0.05, 0) is 0 Å². The first kappa shape index (κ1) is 5.98. The molecule has 0 bridgehead atoms. The molecule has 1 heterocycles. The van der Waals surface area contributed by atoms with Crippen LogP contribution in [0.1, 0.15) is 0 Å². The molecule has 36 valence electrons. The van der Waals surface area contributed by atoms with E-state index in [0.717, 1.165) is 0 Å². The van der Waals surface area contributed by atoms with E-state index in [-0.39, 0.29) is 19.8 Å². The van der Waals surface area contributed by atoms with Crippen molar-refractivity contribution in [2.45, 2.75) is 0 Å². The molecule has 0 aromatic heterocycles. The fourth-order valence-corrected chi connectivity index (χ4v) is 0.196. The molecule has 1 rings (SSSR count). The predicted molar refractivity (Wildman–Crippen MR) is 16.2 cm³/mol. The minimum Gasteiger partial charge on any atom is -0.462 e. The van der Waals surface area contributed by atoms with E-state index in [4.69, 9.17) is 0 Å². The Morgan fingerprint density at radius 2 is 1.67 bits per heavy atom. The van der Waals surface area contributed by atoms with Crippen molar-refractivity contribution in [2.75, 3.05) is 6.79 Å². The second-order valence-corrected chi connectivity index (χ2v) is 0.723. The van der Waals surface area contributed by atoms with Crippen molar-refractivity contribution in [2.24, 2.45) is 0 Å². The standard InChI is InChI=1S/C3H4O2.Os/c1-2-5-3-4-1;/h1-2H,3H2;. The Balaban J connectivity index is 0.000000250. The summed E-state index contributed by atoms with van der Waals surface area (Å²) in [5, 5.41) is 0. The summed E-state index contributed by atoms with van der Waals surface area (Å²) in [7, 11) is 0. The zero-order valence-electron chi connectivity index (χ0n) is 3.03. The van der Waals surface area contributed by atoms with Crippen LogP contribution in [0.3, 0.4) is 0 Å². The summed E-state index contributed by atoms with van der Waals surface area (Å²) in [6.45, 7) is 0.389. The van der Waals surface area contributed by atoms with Gasteiger partial charge < -0.3 is 9.47 Å². The molecule has 0 aromatic carbocycles. The maximum atomic E-state index is 4.54. The molecule has 2 nitrogen and oxygen atoms in total. The topological polar surface area (TPSA) is 18.5 Å². The van der Waals surface area contributed by atoms with Gasteiger partial charge >= 0.3 is 0 Å². The Morgan fingerprint density at radius 1 is 1.17 bits per heavy atom. The van der Waals surface area contributed by atoms with Crippen LogP contribution in [0.5, 0.6) is 0 Å². The van der Waals surface area contributed by atoms with Gasteiger partial charge in [0.05, 0.1) is 0 Å². The van der Waals surface area contributed by atoms with Crippen molar-refractivity contribution in [3.8, 4) is 0 Å². The van der Waals surface area contributed by atoms with Crippen LogP contribution in [-0.2, 0) is 29.3 Å². The van der Waals surface area contributed by atoms with Crippen LogP contribution < -0.4 is 0 Å². The van der Waals surface area contributed by atoms with Crippen molar-refractivity contribution < 1.29 is 29.3 Å². The molecule has 3 heteroatoms. The van der Waals surface area contributed by atoms with Gasteiger partial charge in [0.2, 0.25) is 6.79 Å². The molecule has 0 aliphatic carbocycles. The largest absolute Gasteiger partial charge is 0.462 e. The van der Waals surface area contributed by atoms with Crippen LogP contribution in [0.4, 0.5) is 0 Å². The van der Waals surface area contributed by atoms with Crippen LogP contribution in [0.15, 0.2) is 12.5 Å². The summed E-state index contributed by atoms with van der Waals surface area (Å²) < 4.78 is 9.08. The van der Waals surface area contributed by atoms with Crippen molar-refractivity contribution in [3.05, 3.63) is 12.5 Å². The van der Waals surface area contributed by atoms with Gasteiger partial charge in [-0.15, -0.1) is 0 Å². The third-order valence-corrected chi connectivity index (χ3v) is 0.384. The average Bonchev–Trinajstić information content (AvgIpc) is 1.76. The minimum absolute atomic E-state index is 0. The summed E-state index contributed by atoms with van der Waals surface area (Å²) in [6.07, 6.45) is 3.03. The van der Waals surface area contributed by atoms with Gasteiger partial charge in [0.15, 0.2) is 0 Å². The summed E-state index contributed by atoms with van der Waals surface area (Å²) in [5.74, 6) is 0. The summed E-state index contributed by atoms with van der Waals surface area (Å²) in [4.78, 5) is 0. The van der Waals surface area contributed by atoms with Gasteiger partial charge in [0.25, 0.3) is 0 Å². The van der Waals surface area contributed by atoms with Crippen LogP contribution >= 0.6 is 0 Å². The van der Waals surface area contributed by atoms with E-state index in [0.29, 0.717) is 6.79 Å². The predicted octanol–water partition coefficient (Wildman–Crippen LogP) is 0.459. The van der Waals surface area contributed by atoms with E-state index in [1.54, 1.807) is 0 Å². The molecular formula is C3H4O2Os. The third-order valence-electron chi connectivity index (χ3n) is 0.384. The minimum atomic E-state index is 0. The molecule has 0 N–H and O–H groups in total. The molecule has 0 unspecified atom stereocenters. The maximum Gasteiger partial charge on any atom is 0.229 e. The number of ether oxygens (including phenoxy) is 2. The zero-order chi connectivity index (χ0) is 3.54. The van der Waals surface area contributed by atoms with Crippen molar-refractivity contribution in [1.82, 2.24) is 0 Å². The second-order valence-electron chi connectivity index (χ2n) is 0.723. The fraction of sp³-hybridized carbons (Fsp3) is 0.333. The van der Waals surface area contributed by atoms with Gasteiger partial charge in [0.1, 0.15) is 12.5 Å². The van der Waals surface area contributed by atoms with Gasteiger partial charge in [-0.1, -0.05) is 0 Å². The molecule has 0 fully saturated rings. The first-order chi connectivity index (χ1) is 2.50. The summed E-state index contributed by atoms with van der Waals surface area (Å²) in [6, 6.07) is 0. The molecule has 0 spiro atoms. The van der Waals surface area contributed by atoms with E-state index in [1.807, 2.05) is 0 Å². The van der Waals surface area contributed by atoms with Gasteiger partial charge in [0, 0.05) is 19.8 Å². The first-order valence-corrected chi connectivity index (χ1v) is 1.38. The van der Waals surface area contributed by atoms with Crippen molar-refractivity contribution >= 4 is 0 Å². The molecular weight excluding hydrogens is 258 g/mol. The smallest absolute Gasteiger partial charge is 0.229 e. The van der Waals surface area contributed by atoms with Crippen LogP contribution in [0, 0.1) is 0 Å². The van der Waals surface area contributed by atoms with Gasteiger partial charge in [-0.25, -0.2) is 0 Å². The Hall–Kier alpha value is -0.0236. The summed E-state index contributed by atoms with van der Waals surface area (Å²) >= 11 is 0. The van der Waals surface area contributed by atoms with E-state index in [1.165, 1.54) is 12.5 Å². The molecule has 1 aliphatic rings. The monoisotopic (exact) mass is 264 g/mol. The molecule has 0 radical (unpaired) electrons. The molecule has 1 aliphatic heterocycles. The first-order valence-electron chi connectivity index (χ1n) is 1.38. The zero-order valence-corrected chi connectivity index (χ0v) is 5.57. The average molecular weight is 262 g/mol. The maximum absolute atomic E-state index is 4.54. The third kappa shape index (κ3) is 1.42. The normalized spacial score (nSPS) is 14.7. The van der Waals surface area contributed by atoms with E-state index >= 15 is 0 Å². The van der Waals surface area contributed by atoms with E-state index < -0.39 is 0 Å². The Kier molecular flexibility index (Phi) is 3.16. The second kappa shape index (κ2) is 3.18. The Morgan fingerprint density at radius 3 is 1.83 bits per heavy atom. The fourth-order valence-electron chi connectivity index (χ4n) is 0.196.